The van der Waals surface area contributed by atoms with Crippen molar-refractivity contribution in [2.24, 2.45) is 0 Å². The number of amides is 1. The third-order valence-corrected chi connectivity index (χ3v) is 4.94. The molecule has 2 aliphatic heterocycles. The van der Waals surface area contributed by atoms with Crippen molar-refractivity contribution >= 4 is 18.3 Å². The Hall–Kier alpha value is -1.46. The van der Waals surface area contributed by atoms with E-state index in [9.17, 15) is 4.79 Å². The summed E-state index contributed by atoms with van der Waals surface area (Å²) in [7, 11) is 0. The molecular formula is C20H31ClN2O3. The Morgan fingerprint density at radius 3 is 2.31 bits per heavy atom. The molecule has 2 N–H and O–H groups in total. The highest BCUT2D eigenvalue weighted by atomic mass is 35.5. The van der Waals surface area contributed by atoms with E-state index in [0.717, 1.165) is 25.7 Å². The molecule has 0 radical (unpaired) electrons. The standard InChI is InChI=1S/C20H30N2O3.ClH/c1-3-9-24-18-8-5-14(11-19(18)25-10-4-2)20(23)22-17-12-15-6-7-16(13-17)21-15;/h5,8,11,15-17,21H,3-4,6-7,9-10,12-13H2,1-2H3,(H,22,23);1H. The minimum Gasteiger partial charge on any atom is -0.490 e. The average Bonchev–Trinajstić information content (AvgIpc) is 2.96. The van der Waals surface area contributed by atoms with Gasteiger partial charge in [-0.15, -0.1) is 12.4 Å². The highest BCUT2D eigenvalue weighted by molar-refractivity contribution is 5.95. The molecule has 2 saturated heterocycles. The third-order valence-electron chi connectivity index (χ3n) is 4.94. The van der Waals surface area contributed by atoms with E-state index in [0.29, 0.717) is 42.4 Å². The number of ether oxygens (including phenoxy) is 2. The molecule has 26 heavy (non-hydrogen) atoms. The van der Waals surface area contributed by atoms with Crippen LogP contribution in [0.1, 0.15) is 62.7 Å². The van der Waals surface area contributed by atoms with Gasteiger partial charge in [0.2, 0.25) is 0 Å². The normalized spacial score (nSPS) is 23.8. The third kappa shape index (κ3) is 5.27. The lowest BCUT2D eigenvalue weighted by atomic mass is 9.99. The van der Waals surface area contributed by atoms with Crippen LogP contribution in [-0.4, -0.2) is 37.2 Å². The number of hydrogen-bond acceptors (Lipinski definition) is 4. The highest BCUT2D eigenvalue weighted by Gasteiger charge is 2.34. The van der Waals surface area contributed by atoms with Gasteiger partial charge in [0.1, 0.15) is 0 Å². The topological polar surface area (TPSA) is 59.6 Å². The predicted octanol–water partition coefficient (Wildman–Crippen LogP) is 3.70. The van der Waals surface area contributed by atoms with Crippen molar-refractivity contribution in [3.8, 4) is 11.5 Å². The summed E-state index contributed by atoms with van der Waals surface area (Å²) in [5, 5.41) is 6.81. The van der Waals surface area contributed by atoms with Gasteiger partial charge in [-0.3, -0.25) is 4.79 Å². The van der Waals surface area contributed by atoms with Gasteiger partial charge in [-0.25, -0.2) is 0 Å². The Kier molecular flexibility index (Phi) is 8.04. The van der Waals surface area contributed by atoms with Crippen LogP contribution in [0.4, 0.5) is 0 Å². The lowest BCUT2D eigenvalue weighted by Gasteiger charge is -2.29. The lowest BCUT2D eigenvalue weighted by molar-refractivity contribution is 0.0923. The van der Waals surface area contributed by atoms with Crippen molar-refractivity contribution in [1.82, 2.24) is 10.6 Å². The van der Waals surface area contributed by atoms with Crippen LogP contribution in [0.2, 0.25) is 0 Å². The number of carbonyl (C=O) groups excluding carboxylic acids is 1. The largest absolute Gasteiger partial charge is 0.490 e. The fourth-order valence-electron chi connectivity index (χ4n) is 3.75. The first-order valence-corrected chi connectivity index (χ1v) is 9.66. The summed E-state index contributed by atoms with van der Waals surface area (Å²) in [4.78, 5) is 12.7. The Labute approximate surface area is 162 Å². The van der Waals surface area contributed by atoms with Gasteiger partial charge in [-0.1, -0.05) is 13.8 Å². The summed E-state index contributed by atoms with van der Waals surface area (Å²) in [6.07, 6.45) is 6.37. The second-order valence-corrected chi connectivity index (χ2v) is 7.14. The van der Waals surface area contributed by atoms with E-state index < -0.39 is 0 Å². The summed E-state index contributed by atoms with van der Waals surface area (Å²) >= 11 is 0. The molecule has 2 aliphatic rings. The fraction of sp³-hybridized carbons (Fsp3) is 0.650. The second-order valence-electron chi connectivity index (χ2n) is 7.14. The number of carbonyl (C=O) groups is 1. The summed E-state index contributed by atoms with van der Waals surface area (Å²) in [5.74, 6) is 1.36. The van der Waals surface area contributed by atoms with E-state index in [1.807, 2.05) is 18.2 Å². The number of nitrogens with one attached hydrogen (secondary N) is 2. The van der Waals surface area contributed by atoms with Crippen molar-refractivity contribution in [1.29, 1.82) is 0 Å². The van der Waals surface area contributed by atoms with Crippen molar-refractivity contribution in [2.75, 3.05) is 13.2 Å². The molecule has 1 aromatic rings. The monoisotopic (exact) mass is 382 g/mol. The highest BCUT2D eigenvalue weighted by Crippen LogP contribution is 2.30. The van der Waals surface area contributed by atoms with Crippen LogP contribution in [0.25, 0.3) is 0 Å². The maximum Gasteiger partial charge on any atom is 0.251 e. The maximum absolute atomic E-state index is 12.7. The number of halogens is 1. The van der Waals surface area contributed by atoms with Gasteiger partial charge in [-0.05, 0) is 56.7 Å². The summed E-state index contributed by atoms with van der Waals surface area (Å²) in [5.41, 5.74) is 0.640. The van der Waals surface area contributed by atoms with Crippen LogP contribution in [0.3, 0.4) is 0 Å². The van der Waals surface area contributed by atoms with Gasteiger partial charge in [-0.2, -0.15) is 0 Å². The number of rotatable bonds is 8. The Morgan fingerprint density at radius 2 is 1.69 bits per heavy atom. The number of piperidine rings is 1. The van der Waals surface area contributed by atoms with Crippen LogP contribution in [-0.2, 0) is 0 Å². The van der Waals surface area contributed by atoms with E-state index in [1.165, 1.54) is 12.8 Å². The first-order chi connectivity index (χ1) is 12.2. The van der Waals surface area contributed by atoms with Gasteiger partial charge < -0.3 is 20.1 Å². The van der Waals surface area contributed by atoms with Gasteiger partial charge in [0.25, 0.3) is 5.91 Å². The number of fused-ring (bicyclic) bond motifs is 2. The SMILES string of the molecule is CCCOc1ccc(C(=O)NC2CC3CCC(C2)N3)cc1OCCC.Cl. The lowest BCUT2D eigenvalue weighted by Crippen LogP contribution is -2.48. The molecule has 2 fully saturated rings. The van der Waals surface area contributed by atoms with Crippen molar-refractivity contribution in [3.05, 3.63) is 23.8 Å². The van der Waals surface area contributed by atoms with Crippen LogP contribution < -0.4 is 20.1 Å². The quantitative estimate of drug-likeness (QED) is 0.719. The molecule has 0 aliphatic carbocycles. The van der Waals surface area contributed by atoms with E-state index in [4.69, 9.17) is 9.47 Å². The van der Waals surface area contributed by atoms with E-state index in [-0.39, 0.29) is 24.4 Å². The molecule has 1 aromatic carbocycles. The number of benzene rings is 1. The molecule has 3 rings (SSSR count). The minimum atomic E-state index is -0.0188. The first-order valence-electron chi connectivity index (χ1n) is 9.66. The van der Waals surface area contributed by atoms with Gasteiger partial charge in [0.05, 0.1) is 13.2 Å². The molecule has 2 heterocycles. The molecule has 0 spiro atoms. The van der Waals surface area contributed by atoms with Gasteiger partial charge in [0, 0.05) is 23.7 Å². The molecule has 0 saturated carbocycles. The molecule has 1 amide bonds. The molecule has 2 bridgehead atoms. The Balaban J connectivity index is 0.00000243. The fourth-order valence-corrected chi connectivity index (χ4v) is 3.75. The smallest absolute Gasteiger partial charge is 0.251 e. The minimum absolute atomic E-state index is 0. The zero-order chi connectivity index (χ0) is 17.6. The molecular weight excluding hydrogens is 352 g/mol. The molecule has 146 valence electrons. The van der Waals surface area contributed by atoms with Crippen molar-refractivity contribution < 1.29 is 14.3 Å². The molecule has 6 heteroatoms. The van der Waals surface area contributed by atoms with Gasteiger partial charge in [0.15, 0.2) is 11.5 Å². The first kappa shape index (κ1) is 20.8. The second kappa shape index (κ2) is 10.0. The van der Waals surface area contributed by atoms with E-state index in [1.54, 1.807) is 0 Å². The Morgan fingerprint density at radius 1 is 1.08 bits per heavy atom. The summed E-state index contributed by atoms with van der Waals surface area (Å²) < 4.78 is 11.5. The zero-order valence-corrected chi connectivity index (χ0v) is 16.6. The van der Waals surface area contributed by atoms with E-state index >= 15 is 0 Å². The maximum atomic E-state index is 12.7. The van der Waals surface area contributed by atoms with Crippen LogP contribution in [0.5, 0.6) is 11.5 Å². The molecule has 2 unspecified atom stereocenters. The van der Waals surface area contributed by atoms with Crippen LogP contribution >= 0.6 is 12.4 Å². The van der Waals surface area contributed by atoms with Crippen LogP contribution in [0.15, 0.2) is 18.2 Å². The molecule has 2 atom stereocenters. The predicted molar refractivity (Wildman–Crippen MR) is 106 cm³/mol. The summed E-state index contributed by atoms with van der Waals surface area (Å²) in [6.45, 7) is 5.40. The average molecular weight is 383 g/mol. The van der Waals surface area contributed by atoms with Gasteiger partial charge >= 0.3 is 0 Å². The van der Waals surface area contributed by atoms with Crippen molar-refractivity contribution in [2.45, 2.75) is 70.5 Å². The van der Waals surface area contributed by atoms with Crippen LogP contribution in [0, 0.1) is 0 Å². The summed E-state index contributed by atoms with van der Waals surface area (Å²) in [6, 6.07) is 6.89. The molecule has 0 aromatic heterocycles. The Bertz CT molecular complexity index is 584. The number of hydrogen-bond donors (Lipinski definition) is 2. The zero-order valence-electron chi connectivity index (χ0n) is 15.8. The van der Waals surface area contributed by atoms with E-state index in [2.05, 4.69) is 24.5 Å². The molecule has 5 nitrogen and oxygen atoms in total. The van der Waals surface area contributed by atoms with Crippen molar-refractivity contribution in [3.63, 3.8) is 0 Å².